The van der Waals surface area contributed by atoms with Crippen LogP contribution in [-0.2, 0) is 167 Å². The second kappa shape index (κ2) is 79.0. The summed E-state index contributed by atoms with van der Waals surface area (Å²) in [5, 5.41) is 19.3. The monoisotopic (exact) mass is 2050 g/mol. The number of hydrogen-bond acceptors (Lipinski definition) is 41. The van der Waals surface area contributed by atoms with E-state index in [0.717, 1.165) is 34.7 Å². The number of ketones is 6. The van der Waals surface area contributed by atoms with Gasteiger partial charge in [0.15, 0.2) is 29.2 Å². The number of fused-ring (bicyclic) bond motifs is 3. The molecule has 0 saturated carbocycles. The fourth-order valence-corrected chi connectivity index (χ4v) is 10.5. The zero-order valence-electron chi connectivity index (χ0n) is 84.2. The fourth-order valence-electron chi connectivity index (χ4n) is 10.2. The van der Waals surface area contributed by atoms with Crippen LogP contribution in [0.2, 0.25) is 0 Å². The van der Waals surface area contributed by atoms with Gasteiger partial charge in [0.2, 0.25) is 37.1 Å². The summed E-state index contributed by atoms with van der Waals surface area (Å²) in [5.74, 6) is -7.52. The predicted molar refractivity (Wildman–Crippen MR) is 507 cm³/mol. The third-order valence-corrected chi connectivity index (χ3v) is 17.5. The number of likely N-dealkylation sites (N-methyl/N-ethyl adjacent to an activating group) is 1. The maximum Gasteiger partial charge on any atom is 0.469 e. The predicted octanol–water partition coefficient (Wildman–Crippen LogP) is 7.48. The lowest BCUT2D eigenvalue weighted by Gasteiger charge is -2.18. The zero-order valence-corrected chi connectivity index (χ0v) is 85.1. The largest absolute Gasteiger partial charge is 0.469 e. The normalized spacial score (nSPS) is 12.1. The highest BCUT2D eigenvalue weighted by Gasteiger charge is 2.33. The Morgan fingerprint density at radius 2 is 0.944 bits per heavy atom. The van der Waals surface area contributed by atoms with Crippen molar-refractivity contribution in [2.24, 2.45) is 11.8 Å². The summed E-state index contributed by atoms with van der Waals surface area (Å²) >= 11 is 0. The smallest absolute Gasteiger partial charge is 0.465 e. The van der Waals surface area contributed by atoms with E-state index in [1.165, 1.54) is 111 Å². The molecule has 1 aliphatic rings. The molecule has 8 unspecified atom stereocenters. The number of methoxy groups -OCH3 is 2. The number of aliphatic hydroxyl groups excluding tert-OH is 1. The first-order valence-electron chi connectivity index (χ1n) is 43.7. The van der Waals surface area contributed by atoms with Crippen LogP contribution < -0.4 is 30.7 Å². The van der Waals surface area contributed by atoms with Gasteiger partial charge < -0.3 is 107 Å². The van der Waals surface area contributed by atoms with E-state index in [1.54, 1.807) is 71.1 Å². The third-order valence-electron chi connectivity index (χ3n) is 17.0. The average Bonchev–Trinajstić information content (AvgIpc) is 1.59. The van der Waals surface area contributed by atoms with Gasteiger partial charge in [0.25, 0.3) is 0 Å². The lowest BCUT2D eigenvalue weighted by Crippen LogP contribution is -2.34. The summed E-state index contributed by atoms with van der Waals surface area (Å²) in [5.41, 5.74) is 6.51. The average molecular weight is 2050 g/mol. The van der Waals surface area contributed by atoms with Gasteiger partial charge in [0.05, 0.1) is 25.0 Å². The highest BCUT2D eigenvalue weighted by atomic mass is 31.2. The van der Waals surface area contributed by atoms with Crippen LogP contribution in [0, 0.1) is 18.8 Å². The standard InChI is InChI=1S/C22H23NO4.C11H18O6.C10H17NO6.C10H16O6.C10H10O3.C9H16NO9P.C9H17NO2.C9H10O2.C5H8O4.CH4/c1-14(24)23-12-6-11-21(26)19-10-5-9-18-20(13-27-15(2)25)16-7-3-4-8-17(16)22(18)19;1-7(5-10(13)6-15-4)11(14)17-9(3)16-8(2)12;1-3-9(14)11-4-10(15)17-6-8(13)5-16-7(2)12;1-7(11)15-8(2)16-10(13)5-4-9(12)6-14-3;1-7(11)9-3-5-10(6-4-9)13-8(2)12;1-6(11)10-3-9(13)19-8(4-17-7(2)12)5-18-20(14,15)16;1-6(8(3)11)5-9(12)7(2)10-4;1-7-3-5-9(6-4-7)11-8(2)10;1-4(6)8-3-9-5(2)7;/h3-5,7-10,20H,6,11-13H2,1-2H3,(H,23,24);7,9H,5-6H2,1-4H3;8,13H,3-6H2,1-2H3,(H,11,14);8H,4-6H2,1-3H3;3-6H,1-2H3;8H,3-5H2,1-2H3,(H,10,11)(H2,14,15,16);6-7,10H,5H2,1-4H3;3-6H,1-2H3;3H2,1-2H3;1H4. The highest BCUT2D eigenvalue weighted by molar-refractivity contribution is 7.46. The van der Waals surface area contributed by atoms with Gasteiger partial charge in [0, 0.05) is 166 Å². The van der Waals surface area contributed by atoms with E-state index < -0.39 is 124 Å². The number of benzene rings is 4. The number of carbonyl (C=O) groups excluding carboxylic acids is 22. The summed E-state index contributed by atoms with van der Waals surface area (Å²) in [4.78, 5) is 257. The van der Waals surface area contributed by atoms with Crippen molar-refractivity contribution >= 4 is 138 Å². The number of phosphoric ester groups is 1. The molecule has 46 nitrogen and oxygen atoms in total. The lowest BCUT2D eigenvalue weighted by atomic mass is 9.93. The van der Waals surface area contributed by atoms with E-state index in [4.69, 9.17) is 38.2 Å². The number of aliphatic hydroxyl groups is 1. The van der Waals surface area contributed by atoms with E-state index in [-0.39, 0.29) is 162 Å². The van der Waals surface area contributed by atoms with Crippen molar-refractivity contribution in [2.75, 3.05) is 93.9 Å². The molecule has 5 rings (SSSR count). The molecule has 800 valence electrons. The molecule has 47 heteroatoms. The van der Waals surface area contributed by atoms with Gasteiger partial charge in [-0.15, -0.1) is 0 Å². The van der Waals surface area contributed by atoms with Gasteiger partial charge in [-0.25, -0.2) is 4.57 Å². The minimum Gasteiger partial charge on any atom is -0.465 e. The number of amides is 3. The summed E-state index contributed by atoms with van der Waals surface area (Å²) in [6, 6.07) is 27.3. The number of Topliss-reactive ketones (excluding diaryl/α,β-unsaturated/α-hetero) is 6. The minimum absolute atomic E-state index is 0. The number of hydrogen-bond donors (Lipinski definition) is 7. The molecule has 0 spiro atoms. The Bertz CT molecular complexity index is 4760. The van der Waals surface area contributed by atoms with Crippen molar-refractivity contribution in [1.29, 1.82) is 0 Å². The van der Waals surface area contributed by atoms with Gasteiger partial charge in [-0.3, -0.25) is 110 Å². The van der Waals surface area contributed by atoms with Gasteiger partial charge in [-0.2, -0.15) is 0 Å². The molecule has 0 radical (unpaired) electrons. The van der Waals surface area contributed by atoms with Crippen LogP contribution in [0.4, 0.5) is 0 Å². The molecule has 1 aliphatic carbocycles. The molecule has 8 atom stereocenters. The highest BCUT2D eigenvalue weighted by Crippen LogP contribution is 2.47. The number of esters is 13. The van der Waals surface area contributed by atoms with E-state index >= 15 is 0 Å². The van der Waals surface area contributed by atoms with Crippen LogP contribution in [0.3, 0.4) is 0 Å². The van der Waals surface area contributed by atoms with Gasteiger partial charge in [0.1, 0.15) is 81.9 Å². The molecule has 0 aromatic heterocycles. The van der Waals surface area contributed by atoms with Crippen LogP contribution in [0.25, 0.3) is 11.1 Å². The molecule has 3 amide bonds. The van der Waals surface area contributed by atoms with Gasteiger partial charge >= 0.3 is 85.4 Å². The first kappa shape index (κ1) is 138. The quantitative estimate of drug-likeness (QED) is 0.00428. The molecule has 0 saturated heterocycles. The molecule has 0 aliphatic heterocycles. The topological polar surface area (TPSA) is 649 Å². The van der Waals surface area contributed by atoms with Crippen LogP contribution in [0.1, 0.15) is 227 Å². The summed E-state index contributed by atoms with van der Waals surface area (Å²) in [7, 11) is -0.198. The number of aryl methyl sites for hydroxylation is 1. The van der Waals surface area contributed by atoms with Crippen molar-refractivity contribution in [3.63, 3.8) is 0 Å². The van der Waals surface area contributed by atoms with E-state index in [0.29, 0.717) is 48.4 Å². The second-order valence-electron chi connectivity index (χ2n) is 30.1. The van der Waals surface area contributed by atoms with Crippen molar-refractivity contribution in [1.82, 2.24) is 21.3 Å². The Morgan fingerprint density at radius 3 is 1.41 bits per heavy atom. The zero-order chi connectivity index (χ0) is 109. The molecule has 4 aromatic carbocycles. The number of rotatable bonds is 46. The maximum atomic E-state index is 12.8. The molecule has 0 fully saturated rings. The Morgan fingerprint density at radius 1 is 0.462 bits per heavy atom. The first-order valence-corrected chi connectivity index (χ1v) is 45.2. The van der Waals surface area contributed by atoms with Crippen molar-refractivity contribution in [3.05, 3.63) is 119 Å². The fraction of sp³-hybridized carbons (Fsp3) is 0.521. The lowest BCUT2D eigenvalue weighted by molar-refractivity contribution is -0.187. The maximum absolute atomic E-state index is 12.8. The Kier molecular flexibility index (Phi) is 76.1. The molecular weight excluding hydrogens is 1910 g/mol. The summed E-state index contributed by atoms with van der Waals surface area (Å²) < 4.78 is 84.6. The van der Waals surface area contributed by atoms with Crippen molar-refractivity contribution < 1.29 is 201 Å². The summed E-state index contributed by atoms with van der Waals surface area (Å²) in [6.45, 7) is 26.8. The SMILES string of the molecule is C.CC(=O)NCC(=O)OC(COC(C)=O)COP(=O)(O)O.CC(=O)NCCCC(=O)c1cccc2c1-c1ccccc1C2COC(C)=O.CC(=O)OCOC(C)=O.CC(=O)Oc1ccc(C(C)=O)cc1.CC(=O)Oc1ccc(C)cc1.CCC(=O)NCC(=O)OCC(O)COC(C)=O.CNC(C)C(=O)CC(C)C(C)=O.COCC(=O)CC(C)C(=O)OC(C)OC(C)=O.COCC(=O)CCC(=O)OC(C)OC(C)=O. The van der Waals surface area contributed by atoms with Crippen molar-refractivity contribution in [2.45, 2.75) is 228 Å². The van der Waals surface area contributed by atoms with E-state index in [1.807, 2.05) is 61.5 Å². The number of phosphoric acid groups is 1. The minimum atomic E-state index is -4.74. The third kappa shape index (κ3) is 76.8. The van der Waals surface area contributed by atoms with Crippen LogP contribution in [-0.4, -0.2) is 270 Å². The van der Waals surface area contributed by atoms with E-state index in [9.17, 15) is 115 Å². The van der Waals surface area contributed by atoms with Crippen LogP contribution in [0.5, 0.6) is 11.5 Å². The Hall–Kier alpha value is -13.6. The Balaban J connectivity index is -0.000000508. The molecule has 4 aromatic rings. The number of carbonyl (C=O) groups is 22. The van der Waals surface area contributed by atoms with Crippen LogP contribution >= 0.6 is 7.82 Å². The molecular formula is C96H139N4O42P. The Labute approximate surface area is 830 Å². The van der Waals surface area contributed by atoms with Crippen LogP contribution in [0.15, 0.2) is 91.0 Å². The molecule has 0 bridgehead atoms. The molecule has 7 N–H and O–H groups in total. The van der Waals surface area contributed by atoms with E-state index in [2.05, 4.69) is 68.4 Å². The molecule has 0 heterocycles. The molecule has 143 heavy (non-hydrogen) atoms. The van der Waals surface area contributed by atoms with Crippen molar-refractivity contribution in [3.8, 4) is 22.6 Å². The van der Waals surface area contributed by atoms with Gasteiger partial charge in [-0.1, -0.05) is 88.4 Å². The number of nitrogens with one attached hydrogen (secondary N) is 4. The first-order chi connectivity index (χ1) is 66.2. The summed E-state index contributed by atoms with van der Waals surface area (Å²) in [6.07, 6.45) is -2.50. The van der Waals surface area contributed by atoms with Gasteiger partial charge in [-0.05, 0) is 99.8 Å². The number of ether oxygens (including phenoxy) is 15. The second-order valence-corrected chi connectivity index (χ2v) is 31.3.